The highest BCUT2D eigenvalue weighted by molar-refractivity contribution is 5.75. The molecule has 2 N–H and O–H groups in total. The van der Waals surface area contributed by atoms with E-state index in [0.717, 1.165) is 4.90 Å². The molecule has 0 aromatic heterocycles. The lowest BCUT2D eigenvalue weighted by atomic mass is 9.89. The molecular weight excluding hydrogens is 332 g/mol. The number of nitrogens with zero attached hydrogens (tertiary/aromatic N) is 1. The Bertz CT molecular complexity index is 866. The molecule has 3 rings (SSSR count). The molecule has 1 amide bonds. The molecule has 0 radical (unpaired) electrons. The van der Waals surface area contributed by atoms with Crippen LogP contribution < -0.4 is 0 Å². The predicted octanol–water partition coefficient (Wildman–Crippen LogP) is 3.30. The van der Waals surface area contributed by atoms with Crippen molar-refractivity contribution in [2.75, 3.05) is 6.54 Å². The van der Waals surface area contributed by atoms with Gasteiger partial charge in [0, 0.05) is 18.7 Å². The number of amides is 1. The van der Waals surface area contributed by atoms with Crippen LogP contribution in [0.3, 0.4) is 0 Å². The molecule has 7 heteroatoms. The van der Waals surface area contributed by atoms with Gasteiger partial charge in [-0.1, -0.05) is 24.3 Å². The van der Waals surface area contributed by atoms with Crippen LogP contribution in [-0.2, 0) is 24.2 Å². The molecular formula is C18H15F2NO4. The molecule has 1 aliphatic heterocycles. The molecule has 0 atom stereocenters. The van der Waals surface area contributed by atoms with Gasteiger partial charge in [-0.15, -0.1) is 0 Å². The molecule has 0 saturated carbocycles. The van der Waals surface area contributed by atoms with Gasteiger partial charge in [0.1, 0.15) is 11.6 Å². The van der Waals surface area contributed by atoms with Crippen LogP contribution in [0.4, 0.5) is 13.6 Å². The van der Waals surface area contributed by atoms with Crippen LogP contribution in [0.5, 0.6) is 0 Å². The van der Waals surface area contributed by atoms with Gasteiger partial charge in [0.05, 0.1) is 6.42 Å². The van der Waals surface area contributed by atoms with Crippen LogP contribution >= 0.6 is 0 Å². The first-order valence-electron chi connectivity index (χ1n) is 7.66. The van der Waals surface area contributed by atoms with Crippen LogP contribution in [0.25, 0.3) is 11.1 Å². The standard InChI is InChI=1S/C18H15F2NO4/c19-15-5-4-11(14-9-21(18(24)25)7-6-12(14)15)13-3-1-2-10(17(13)20)8-16(22)23/h1-5H,6-9H2,(H,22,23)(H,24,25). The zero-order valence-corrected chi connectivity index (χ0v) is 13.1. The van der Waals surface area contributed by atoms with E-state index in [1.54, 1.807) is 0 Å². The summed E-state index contributed by atoms with van der Waals surface area (Å²) in [7, 11) is 0. The van der Waals surface area contributed by atoms with E-state index in [0.29, 0.717) is 16.7 Å². The van der Waals surface area contributed by atoms with Gasteiger partial charge >= 0.3 is 12.1 Å². The Labute approximate surface area is 142 Å². The molecule has 0 spiro atoms. The molecule has 0 unspecified atom stereocenters. The number of hydrogen-bond acceptors (Lipinski definition) is 2. The minimum absolute atomic E-state index is 0.0222. The number of rotatable bonds is 3. The molecule has 1 heterocycles. The van der Waals surface area contributed by atoms with E-state index in [-0.39, 0.29) is 30.6 Å². The topological polar surface area (TPSA) is 77.8 Å². The Morgan fingerprint density at radius 1 is 1.04 bits per heavy atom. The van der Waals surface area contributed by atoms with Gasteiger partial charge in [-0.25, -0.2) is 13.6 Å². The monoisotopic (exact) mass is 347 g/mol. The Hall–Kier alpha value is -2.96. The fraction of sp³-hybridized carbons (Fsp3) is 0.222. The van der Waals surface area contributed by atoms with Crippen molar-refractivity contribution in [3.05, 3.63) is 58.7 Å². The first-order valence-corrected chi connectivity index (χ1v) is 7.66. The Kier molecular flexibility index (Phi) is 4.39. The smallest absolute Gasteiger partial charge is 0.407 e. The van der Waals surface area contributed by atoms with Crippen LogP contribution in [0, 0.1) is 11.6 Å². The van der Waals surface area contributed by atoms with E-state index in [9.17, 15) is 23.5 Å². The second-order valence-corrected chi connectivity index (χ2v) is 5.86. The van der Waals surface area contributed by atoms with Crippen LogP contribution in [-0.4, -0.2) is 33.7 Å². The number of halogens is 2. The first kappa shape index (κ1) is 16.9. The molecule has 2 aromatic carbocycles. The van der Waals surface area contributed by atoms with Crippen molar-refractivity contribution in [2.45, 2.75) is 19.4 Å². The van der Waals surface area contributed by atoms with Gasteiger partial charge < -0.3 is 15.1 Å². The van der Waals surface area contributed by atoms with Crippen LogP contribution in [0.2, 0.25) is 0 Å². The fourth-order valence-corrected chi connectivity index (χ4v) is 3.13. The number of carboxylic acids is 1. The number of fused-ring (bicyclic) bond motifs is 1. The lowest BCUT2D eigenvalue weighted by Crippen LogP contribution is -2.35. The van der Waals surface area contributed by atoms with E-state index in [1.165, 1.54) is 30.3 Å². The second-order valence-electron chi connectivity index (χ2n) is 5.86. The second kappa shape index (κ2) is 6.51. The summed E-state index contributed by atoms with van der Waals surface area (Å²) in [4.78, 5) is 23.3. The minimum Gasteiger partial charge on any atom is -0.481 e. The summed E-state index contributed by atoms with van der Waals surface area (Å²) in [6.45, 7) is 0.130. The lowest BCUT2D eigenvalue weighted by molar-refractivity contribution is -0.136. The molecule has 0 saturated heterocycles. The van der Waals surface area contributed by atoms with Crippen molar-refractivity contribution in [2.24, 2.45) is 0 Å². The Morgan fingerprint density at radius 2 is 1.80 bits per heavy atom. The zero-order valence-electron chi connectivity index (χ0n) is 13.1. The highest BCUT2D eigenvalue weighted by atomic mass is 19.1. The summed E-state index contributed by atoms with van der Waals surface area (Å²) in [5, 5.41) is 18.1. The third kappa shape index (κ3) is 3.17. The molecule has 25 heavy (non-hydrogen) atoms. The van der Waals surface area contributed by atoms with Gasteiger partial charge in [0.15, 0.2) is 0 Å². The summed E-state index contributed by atoms with van der Waals surface area (Å²) in [6, 6.07) is 7.03. The predicted molar refractivity (Wildman–Crippen MR) is 85.3 cm³/mol. The first-order chi connectivity index (χ1) is 11.9. The number of hydrogen-bond donors (Lipinski definition) is 2. The van der Waals surface area contributed by atoms with Gasteiger partial charge in [0.25, 0.3) is 0 Å². The summed E-state index contributed by atoms with van der Waals surface area (Å²) in [5.41, 5.74) is 1.33. The fourth-order valence-electron chi connectivity index (χ4n) is 3.13. The number of aliphatic carboxylic acids is 1. The summed E-state index contributed by atoms with van der Waals surface area (Å²) in [5.74, 6) is -2.30. The summed E-state index contributed by atoms with van der Waals surface area (Å²) >= 11 is 0. The van der Waals surface area contributed by atoms with Crippen LogP contribution in [0.15, 0.2) is 30.3 Å². The van der Waals surface area contributed by atoms with Gasteiger partial charge in [-0.3, -0.25) is 4.79 Å². The van der Waals surface area contributed by atoms with E-state index in [4.69, 9.17) is 5.11 Å². The van der Waals surface area contributed by atoms with Crippen molar-refractivity contribution in [1.82, 2.24) is 4.90 Å². The highest BCUT2D eigenvalue weighted by Crippen LogP contribution is 2.34. The van der Waals surface area contributed by atoms with Crippen molar-refractivity contribution < 1.29 is 28.6 Å². The Morgan fingerprint density at radius 3 is 2.48 bits per heavy atom. The number of carbonyl (C=O) groups is 2. The summed E-state index contributed by atoms with van der Waals surface area (Å²) < 4.78 is 28.9. The molecule has 130 valence electrons. The van der Waals surface area contributed by atoms with E-state index in [2.05, 4.69) is 0 Å². The van der Waals surface area contributed by atoms with Crippen molar-refractivity contribution in [3.63, 3.8) is 0 Å². The molecule has 0 aliphatic carbocycles. The average molecular weight is 347 g/mol. The summed E-state index contributed by atoms with van der Waals surface area (Å²) in [6.07, 6.45) is -1.39. The van der Waals surface area contributed by atoms with Crippen molar-refractivity contribution in [3.8, 4) is 11.1 Å². The third-order valence-corrected chi connectivity index (χ3v) is 4.34. The molecule has 1 aliphatic rings. The zero-order chi connectivity index (χ0) is 18.1. The normalized spacial score (nSPS) is 13.4. The Balaban J connectivity index is 2.13. The minimum atomic E-state index is -1.16. The average Bonchev–Trinajstić information content (AvgIpc) is 2.57. The third-order valence-electron chi connectivity index (χ3n) is 4.34. The quantitative estimate of drug-likeness (QED) is 0.893. The van der Waals surface area contributed by atoms with E-state index in [1.807, 2.05) is 0 Å². The van der Waals surface area contributed by atoms with Crippen molar-refractivity contribution in [1.29, 1.82) is 0 Å². The maximum atomic E-state index is 14.8. The SMILES string of the molecule is O=C(O)Cc1cccc(-c2ccc(F)c3c2CN(C(=O)O)CC3)c1F. The highest BCUT2D eigenvalue weighted by Gasteiger charge is 2.26. The molecule has 0 bridgehead atoms. The number of benzene rings is 2. The van der Waals surface area contributed by atoms with Crippen molar-refractivity contribution >= 4 is 12.1 Å². The maximum Gasteiger partial charge on any atom is 0.407 e. The van der Waals surface area contributed by atoms with Gasteiger partial charge in [0.2, 0.25) is 0 Å². The number of carboxylic acid groups (broad SMARTS) is 2. The molecule has 0 fully saturated rings. The van der Waals surface area contributed by atoms with E-state index >= 15 is 0 Å². The molecule has 2 aromatic rings. The van der Waals surface area contributed by atoms with Crippen LogP contribution in [0.1, 0.15) is 16.7 Å². The maximum absolute atomic E-state index is 14.8. The largest absolute Gasteiger partial charge is 0.481 e. The van der Waals surface area contributed by atoms with Gasteiger partial charge in [-0.05, 0) is 34.7 Å². The van der Waals surface area contributed by atoms with E-state index < -0.39 is 30.1 Å². The molecule has 5 nitrogen and oxygen atoms in total. The van der Waals surface area contributed by atoms with Gasteiger partial charge in [-0.2, -0.15) is 0 Å². The lowest BCUT2D eigenvalue weighted by Gasteiger charge is -2.28.